The number of aliphatic hydroxyl groups excluding tert-OH is 1. The number of hydrogen-bond acceptors (Lipinski definition) is 4. The topological polar surface area (TPSA) is 45.8 Å². The van der Waals surface area contributed by atoms with Crippen LogP contribution in [-0.4, -0.2) is 35.8 Å². The molecule has 1 N–H and O–H groups in total. The van der Waals surface area contributed by atoms with E-state index < -0.39 is 6.10 Å². The number of hydrogen-bond donors (Lipinski definition) is 1. The van der Waals surface area contributed by atoms with Crippen LogP contribution in [0.5, 0.6) is 0 Å². The summed E-state index contributed by atoms with van der Waals surface area (Å²) in [7, 11) is 0. The molecule has 1 aliphatic heterocycles. The maximum absolute atomic E-state index is 10.3. The van der Waals surface area contributed by atoms with Gasteiger partial charge < -0.3 is 14.3 Å². The Morgan fingerprint density at radius 2 is 2.26 bits per heavy atom. The minimum Gasteiger partial charge on any atom is -0.467 e. The van der Waals surface area contributed by atoms with Crippen LogP contribution in [0.25, 0.3) is 0 Å². The molecule has 0 aliphatic carbocycles. The zero-order valence-corrected chi connectivity index (χ0v) is 13.6. The van der Waals surface area contributed by atoms with Crippen LogP contribution in [0, 0.1) is 6.92 Å². The molecular formula is C19H25NO3. The lowest BCUT2D eigenvalue weighted by atomic mass is 10.0. The highest BCUT2D eigenvalue weighted by molar-refractivity contribution is 5.25. The van der Waals surface area contributed by atoms with Gasteiger partial charge in [-0.3, -0.25) is 4.90 Å². The van der Waals surface area contributed by atoms with Gasteiger partial charge >= 0.3 is 0 Å². The molecule has 3 rings (SSSR count). The van der Waals surface area contributed by atoms with Crippen molar-refractivity contribution in [3.05, 3.63) is 59.5 Å². The molecule has 4 heteroatoms. The summed E-state index contributed by atoms with van der Waals surface area (Å²) in [6.45, 7) is 4.55. The SMILES string of the molecule is Cc1cccc(C2CCCN2CC(O)COCc2ccco2)c1. The van der Waals surface area contributed by atoms with Crippen molar-refractivity contribution < 1.29 is 14.3 Å². The van der Waals surface area contributed by atoms with Crippen LogP contribution in [0.15, 0.2) is 47.1 Å². The monoisotopic (exact) mass is 315 g/mol. The Kier molecular flexibility index (Phi) is 5.49. The van der Waals surface area contributed by atoms with Crippen molar-refractivity contribution in [2.24, 2.45) is 0 Å². The number of likely N-dealkylation sites (tertiary alicyclic amines) is 1. The molecule has 0 saturated carbocycles. The number of β-amino-alcohol motifs (C(OH)–C–C–N with tert-alkyl or cyclic N) is 1. The molecule has 0 spiro atoms. The average molecular weight is 315 g/mol. The Bertz CT molecular complexity index is 596. The lowest BCUT2D eigenvalue weighted by Crippen LogP contribution is -2.34. The van der Waals surface area contributed by atoms with E-state index in [0.29, 0.717) is 25.8 Å². The average Bonchev–Trinajstić information content (AvgIpc) is 3.19. The predicted molar refractivity (Wildman–Crippen MR) is 89.1 cm³/mol. The summed E-state index contributed by atoms with van der Waals surface area (Å²) in [4.78, 5) is 2.37. The number of aryl methyl sites for hydroxylation is 1. The number of nitrogens with zero attached hydrogens (tertiary/aromatic N) is 1. The standard InChI is InChI=1S/C19H25NO3/c1-15-5-2-6-16(11-15)19-8-3-9-20(19)12-17(21)13-22-14-18-7-4-10-23-18/h2,4-7,10-11,17,19,21H,3,8-9,12-14H2,1H3. The van der Waals surface area contributed by atoms with Gasteiger partial charge in [-0.15, -0.1) is 0 Å². The number of ether oxygens (including phenoxy) is 1. The molecule has 0 bridgehead atoms. The lowest BCUT2D eigenvalue weighted by molar-refractivity contribution is 0.00308. The summed E-state index contributed by atoms with van der Waals surface area (Å²) in [5.41, 5.74) is 2.64. The van der Waals surface area contributed by atoms with Gasteiger partial charge in [0.1, 0.15) is 12.4 Å². The van der Waals surface area contributed by atoms with Crippen molar-refractivity contribution in [2.45, 2.75) is 38.5 Å². The molecule has 0 radical (unpaired) electrons. The Labute approximate surface area is 137 Å². The van der Waals surface area contributed by atoms with E-state index in [1.54, 1.807) is 6.26 Å². The quantitative estimate of drug-likeness (QED) is 0.851. The number of aliphatic hydroxyl groups is 1. The highest BCUT2D eigenvalue weighted by Crippen LogP contribution is 2.32. The molecule has 1 aromatic heterocycles. The molecule has 1 aromatic carbocycles. The summed E-state index contributed by atoms with van der Waals surface area (Å²) in [6.07, 6.45) is 3.49. The van der Waals surface area contributed by atoms with Gasteiger partial charge in [0.25, 0.3) is 0 Å². The molecule has 2 atom stereocenters. The van der Waals surface area contributed by atoms with Gasteiger partial charge in [0.05, 0.1) is 19.0 Å². The van der Waals surface area contributed by atoms with Gasteiger partial charge in [-0.1, -0.05) is 29.8 Å². The van der Waals surface area contributed by atoms with Gasteiger partial charge in [-0.25, -0.2) is 0 Å². The summed E-state index contributed by atoms with van der Waals surface area (Å²) in [5.74, 6) is 0.788. The molecule has 1 aliphatic rings. The van der Waals surface area contributed by atoms with Crippen LogP contribution in [0.4, 0.5) is 0 Å². The fourth-order valence-corrected chi connectivity index (χ4v) is 3.31. The van der Waals surface area contributed by atoms with Gasteiger partial charge in [0.2, 0.25) is 0 Å². The number of benzene rings is 1. The maximum Gasteiger partial charge on any atom is 0.129 e. The summed E-state index contributed by atoms with van der Waals surface area (Å²) in [5, 5.41) is 10.3. The number of rotatable bonds is 7. The minimum absolute atomic E-state index is 0.331. The zero-order chi connectivity index (χ0) is 16.1. The lowest BCUT2D eigenvalue weighted by Gasteiger charge is -2.27. The first-order chi connectivity index (χ1) is 11.2. The first kappa shape index (κ1) is 16.2. The first-order valence-electron chi connectivity index (χ1n) is 8.31. The largest absolute Gasteiger partial charge is 0.467 e. The Balaban J connectivity index is 1.49. The molecule has 2 aromatic rings. The third-order valence-electron chi connectivity index (χ3n) is 4.37. The van der Waals surface area contributed by atoms with E-state index in [4.69, 9.17) is 9.15 Å². The molecule has 23 heavy (non-hydrogen) atoms. The summed E-state index contributed by atoms with van der Waals surface area (Å²) >= 11 is 0. The predicted octanol–water partition coefficient (Wildman–Crippen LogP) is 3.30. The normalized spacial score (nSPS) is 20.0. The van der Waals surface area contributed by atoms with Crippen molar-refractivity contribution in [1.82, 2.24) is 4.90 Å². The minimum atomic E-state index is -0.477. The van der Waals surface area contributed by atoms with E-state index in [2.05, 4.69) is 36.1 Å². The third kappa shape index (κ3) is 4.44. The van der Waals surface area contributed by atoms with E-state index in [9.17, 15) is 5.11 Å². The van der Waals surface area contributed by atoms with Crippen LogP contribution < -0.4 is 0 Å². The van der Waals surface area contributed by atoms with Crippen LogP contribution in [0.1, 0.15) is 35.8 Å². The highest BCUT2D eigenvalue weighted by atomic mass is 16.5. The Hall–Kier alpha value is -1.62. The van der Waals surface area contributed by atoms with Crippen molar-refractivity contribution in [3.63, 3.8) is 0 Å². The second-order valence-electron chi connectivity index (χ2n) is 6.32. The van der Waals surface area contributed by atoms with E-state index >= 15 is 0 Å². The van der Waals surface area contributed by atoms with Gasteiger partial charge in [-0.05, 0) is 44.0 Å². The van der Waals surface area contributed by atoms with Crippen LogP contribution >= 0.6 is 0 Å². The van der Waals surface area contributed by atoms with Crippen LogP contribution in [-0.2, 0) is 11.3 Å². The molecule has 2 unspecified atom stereocenters. The van der Waals surface area contributed by atoms with Crippen molar-refractivity contribution in [1.29, 1.82) is 0 Å². The van der Waals surface area contributed by atoms with Crippen LogP contribution in [0.2, 0.25) is 0 Å². The van der Waals surface area contributed by atoms with E-state index in [1.165, 1.54) is 17.5 Å². The zero-order valence-electron chi connectivity index (χ0n) is 13.6. The number of furan rings is 1. The molecule has 2 heterocycles. The summed E-state index contributed by atoms with van der Waals surface area (Å²) < 4.78 is 10.8. The Morgan fingerprint density at radius 3 is 3.04 bits per heavy atom. The molecule has 124 valence electrons. The first-order valence-corrected chi connectivity index (χ1v) is 8.31. The second kappa shape index (κ2) is 7.77. The smallest absolute Gasteiger partial charge is 0.129 e. The molecular weight excluding hydrogens is 290 g/mol. The van der Waals surface area contributed by atoms with Crippen molar-refractivity contribution in [3.8, 4) is 0 Å². The molecule has 1 fully saturated rings. The van der Waals surface area contributed by atoms with Crippen molar-refractivity contribution in [2.75, 3.05) is 19.7 Å². The second-order valence-corrected chi connectivity index (χ2v) is 6.32. The fourth-order valence-electron chi connectivity index (χ4n) is 3.31. The molecule has 1 saturated heterocycles. The van der Waals surface area contributed by atoms with E-state index in [0.717, 1.165) is 18.7 Å². The van der Waals surface area contributed by atoms with Gasteiger partial charge in [0, 0.05) is 12.6 Å². The maximum atomic E-state index is 10.3. The molecule has 0 amide bonds. The van der Waals surface area contributed by atoms with Gasteiger partial charge in [0.15, 0.2) is 0 Å². The van der Waals surface area contributed by atoms with Crippen molar-refractivity contribution >= 4 is 0 Å². The van der Waals surface area contributed by atoms with E-state index in [-0.39, 0.29) is 0 Å². The van der Waals surface area contributed by atoms with Crippen LogP contribution in [0.3, 0.4) is 0 Å². The fraction of sp³-hybridized carbons (Fsp3) is 0.474. The van der Waals surface area contributed by atoms with E-state index in [1.807, 2.05) is 12.1 Å². The molecule has 4 nitrogen and oxygen atoms in total. The highest BCUT2D eigenvalue weighted by Gasteiger charge is 2.27. The van der Waals surface area contributed by atoms with Gasteiger partial charge in [-0.2, -0.15) is 0 Å². The summed E-state index contributed by atoms with van der Waals surface area (Å²) in [6, 6.07) is 12.8. The Morgan fingerprint density at radius 1 is 1.35 bits per heavy atom. The third-order valence-corrected chi connectivity index (χ3v) is 4.37.